The van der Waals surface area contributed by atoms with E-state index in [1.807, 2.05) is 10.9 Å². The van der Waals surface area contributed by atoms with Gasteiger partial charge < -0.3 is 0 Å². The van der Waals surface area contributed by atoms with Gasteiger partial charge in [-0.25, -0.2) is 0 Å². The van der Waals surface area contributed by atoms with E-state index in [0.29, 0.717) is 0 Å². The second-order valence-corrected chi connectivity index (χ2v) is 3.99. The molecule has 3 aromatic rings. The molecule has 0 bridgehead atoms. The summed E-state index contributed by atoms with van der Waals surface area (Å²) in [6.45, 7) is 2.90. The lowest BCUT2D eigenvalue weighted by atomic mass is 10.0. The Bertz CT molecular complexity index is 650. The van der Waals surface area contributed by atoms with Crippen molar-refractivity contribution in [2.24, 2.45) is 0 Å². The lowest BCUT2D eigenvalue weighted by molar-refractivity contribution is 0.627. The Balaban J connectivity index is 2.23. The van der Waals surface area contributed by atoms with Crippen LogP contribution in [0.5, 0.6) is 0 Å². The van der Waals surface area contributed by atoms with Gasteiger partial charge in [0, 0.05) is 12.1 Å². The first kappa shape index (κ1) is 10.0. The van der Waals surface area contributed by atoms with Crippen LogP contribution in [-0.4, -0.2) is 15.0 Å². The van der Waals surface area contributed by atoms with Crippen LogP contribution in [0.4, 0.5) is 0 Å². The fourth-order valence-corrected chi connectivity index (χ4v) is 2.03. The summed E-state index contributed by atoms with van der Waals surface area (Å²) in [5, 5.41) is 10.8. The number of aryl methyl sites for hydroxylation is 1. The molecular weight excluding hydrogens is 210 g/mol. The van der Waals surface area contributed by atoms with Crippen LogP contribution in [0, 0.1) is 0 Å². The van der Waals surface area contributed by atoms with Gasteiger partial charge in [-0.15, -0.1) is 5.10 Å². The highest BCUT2D eigenvalue weighted by Crippen LogP contribution is 2.26. The molecule has 0 aliphatic heterocycles. The Labute approximate surface area is 99.7 Å². The van der Waals surface area contributed by atoms with E-state index in [1.54, 1.807) is 0 Å². The minimum atomic E-state index is 0.845. The number of nitrogens with zero attached hydrogens (tertiary/aromatic N) is 3. The minimum absolute atomic E-state index is 0.845. The summed E-state index contributed by atoms with van der Waals surface area (Å²) in [7, 11) is 0. The molecule has 0 N–H and O–H groups in total. The summed E-state index contributed by atoms with van der Waals surface area (Å²) < 4.78 is 1.84. The third-order valence-electron chi connectivity index (χ3n) is 2.93. The van der Waals surface area contributed by atoms with Crippen molar-refractivity contribution in [2.45, 2.75) is 13.5 Å². The predicted octanol–water partition coefficient (Wildman–Crippen LogP) is 3.12. The van der Waals surface area contributed by atoms with Crippen LogP contribution in [0.2, 0.25) is 0 Å². The zero-order valence-corrected chi connectivity index (χ0v) is 9.67. The van der Waals surface area contributed by atoms with Crippen molar-refractivity contribution in [3.63, 3.8) is 0 Å². The van der Waals surface area contributed by atoms with Gasteiger partial charge in [0.05, 0.1) is 6.20 Å². The van der Waals surface area contributed by atoms with E-state index < -0.39 is 0 Å². The van der Waals surface area contributed by atoms with Crippen LogP contribution in [0.1, 0.15) is 6.92 Å². The molecule has 1 heterocycles. The molecule has 0 aliphatic carbocycles. The number of fused-ring (bicyclic) bond motifs is 1. The van der Waals surface area contributed by atoms with Crippen molar-refractivity contribution in [3.05, 3.63) is 48.7 Å². The molecule has 0 aliphatic rings. The van der Waals surface area contributed by atoms with E-state index in [9.17, 15) is 0 Å². The molecule has 0 saturated carbocycles. The predicted molar refractivity (Wildman–Crippen MR) is 68.6 cm³/mol. The van der Waals surface area contributed by atoms with Gasteiger partial charge in [-0.05, 0) is 17.7 Å². The summed E-state index contributed by atoms with van der Waals surface area (Å²) in [4.78, 5) is 0. The van der Waals surface area contributed by atoms with E-state index in [1.165, 1.54) is 10.8 Å². The maximum Gasteiger partial charge on any atom is 0.113 e. The summed E-state index contributed by atoms with van der Waals surface area (Å²) >= 11 is 0. The number of hydrogen-bond donors (Lipinski definition) is 0. The Hall–Kier alpha value is -2.16. The fourth-order valence-electron chi connectivity index (χ4n) is 2.03. The van der Waals surface area contributed by atoms with Gasteiger partial charge in [-0.2, -0.15) is 0 Å². The van der Waals surface area contributed by atoms with Gasteiger partial charge >= 0.3 is 0 Å². The van der Waals surface area contributed by atoms with Gasteiger partial charge in [0.2, 0.25) is 0 Å². The molecule has 0 radical (unpaired) electrons. The number of rotatable bonds is 2. The first-order valence-electron chi connectivity index (χ1n) is 5.77. The highest BCUT2D eigenvalue weighted by molar-refractivity contribution is 5.95. The van der Waals surface area contributed by atoms with Crippen molar-refractivity contribution in [3.8, 4) is 11.3 Å². The Morgan fingerprint density at radius 1 is 1.06 bits per heavy atom. The molecule has 84 valence electrons. The van der Waals surface area contributed by atoms with Gasteiger partial charge in [-0.1, -0.05) is 47.7 Å². The molecule has 0 atom stereocenters. The van der Waals surface area contributed by atoms with Crippen LogP contribution < -0.4 is 0 Å². The normalized spacial score (nSPS) is 10.9. The molecular formula is C14H13N3. The number of hydrogen-bond acceptors (Lipinski definition) is 2. The molecule has 0 fully saturated rings. The lowest BCUT2D eigenvalue weighted by Crippen LogP contribution is -1.93. The third-order valence-corrected chi connectivity index (χ3v) is 2.93. The van der Waals surface area contributed by atoms with E-state index in [-0.39, 0.29) is 0 Å². The molecule has 0 amide bonds. The molecule has 1 aromatic heterocycles. The average Bonchev–Trinajstić information content (AvgIpc) is 2.87. The summed E-state index contributed by atoms with van der Waals surface area (Å²) in [6.07, 6.45) is 1.99. The average molecular weight is 223 g/mol. The maximum atomic E-state index is 4.22. The van der Waals surface area contributed by atoms with Crippen molar-refractivity contribution >= 4 is 10.8 Å². The number of benzene rings is 2. The summed E-state index contributed by atoms with van der Waals surface area (Å²) in [6, 6.07) is 14.6. The Morgan fingerprint density at radius 2 is 1.88 bits per heavy atom. The molecule has 0 spiro atoms. The van der Waals surface area contributed by atoms with Crippen LogP contribution in [-0.2, 0) is 6.54 Å². The van der Waals surface area contributed by atoms with Gasteiger partial charge in [0.15, 0.2) is 0 Å². The van der Waals surface area contributed by atoms with Crippen LogP contribution in [0.15, 0.2) is 48.7 Å². The minimum Gasteiger partial charge on any atom is -0.252 e. The standard InChI is InChI=1S/C14H13N3/c1-2-17-10-14(15-16-17)13-9-5-7-11-6-3-4-8-12(11)13/h3-10H,2H2,1H3. The van der Waals surface area contributed by atoms with Crippen molar-refractivity contribution in [1.29, 1.82) is 0 Å². The first-order chi connectivity index (χ1) is 8.38. The summed E-state index contributed by atoms with van der Waals surface area (Å²) in [5.74, 6) is 0. The monoisotopic (exact) mass is 223 g/mol. The molecule has 17 heavy (non-hydrogen) atoms. The van der Waals surface area contributed by atoms with Gasteiger partial charge in [0.1, 0.15) is 5.69 Å². The van der Waals surface area contributed by atoms with Crippen molar-refractivity contribution < 1.29 is 0 Å². The van der Waals surface area contributed by atoms with Crippen LogP contribution >= 0.6 is 0 Å². The highest BCUT2D eigenvalue weighted by Gasteiger charge is 2.06. The largest absolute Gasteiger partial charge is 0.252 e. The zero-order valence-electron chi connectivity index (χ0n) is 9.67. The number of aromatic nitrogens is 3. The topological polar surface area (TPSA) is 30.7 Å². The SMILES string of the molecule is CCn1cc(-c2cccc3ccccc23)nn1. The highest BCUT2D eigenvalue weighted by atomic mass is 15.4. The van der Waals surface area contributed by atoms with E-state index in [2.05, 4.69) is 59.7 Å². The second kappa shape index (κ2) is 4.01. The maximum absolute atomic E-state index is 4.22. The first-order valence-corrected chi connectivity index (χ1v) is 5.77. The molecule has 2 aromatic carbocycles. The lowest BCUT2D eigenvalue weighted by Gasteiger charge is -2.02. The van der Waals surface area contributed by atoms with E-state index in [0.717, 1.165) is 17.8 Å². The second-order valence-electron chi connectivity index (χ2n) is 3.99. The molecule has 0 saturated heterocycles. The third kappa shape index (κ3) is 1.69. The van der Waals surface area contributed by atoms with Gasteiger partial charge in [0.25, 0.3) is 0 Å². The van der Waals surface area contributed by atoms with Crippen LogP contribution in [0.3, 0.4) is 0 Å². The van der Waals surface area contributed by atoms with E-state index in [4.69, 9.17) is 0 Å². The van der Waals surface area contributed by atoms with Crippen LogP contribution in [0.25, 0.3) is 22.0 Å². The van der Waals surface area contributed by atoms with Gasteiger partial charge in [-0.3, -0.25) is 4.68 Å². The Morgan fingerprint density at radius 3 is 2.71 bits per heavy atom. The quantitative estimate of drug-likeness (QED) is 0.668. The molecule has 0 unspecified atom stereocenters. The molecule has 3 nitrogen and oxygen atoms in total. The zero-order chi connectivity index (χ0) is 11.7. The summed E-state index contributed by atoms with van der Waals surface area (Å²) in [5.41, 5.74) is 2.08. The van der Waals surface area contributed by atoms with Crippen molar-refractivity contribution in [2.75, 3.05) is 0 Å². The molecule has 3 rings (SSSR count). The fraction of sp³-hybridized carbons (Fsp3) is 0.143. The Kier molecular flexibility index (Phi) is 2.37. The smallest absolute Gasteiger partial charge is 0.113 e. The van der Waals surface area contributed by atoms with Crippen molar-refractivity contribution in [1.82, 2.24) is 15.0 Å². The van der Waals surface area contributed by atoms with E-state index >= 15 is 0 Å². The molecule has 3 heteroatoms.